The molecule has 2 heterocycles. The summed E-state index contributed by atoms with van der Waals surface area (Å²) in [6.45, 7) is 11.5. The highest BCUT2D eigenvalue weighted by molar-refractivity contribution is 5.86. The van der Waals surface area contributed by atoms with Crippen LogP contribution in [0.1, 0.15) is 83.0 Å². The molecule has 184 valence electrons. The summed E-state index contributed by atoms with van der Waals surface area (Å²) >= 11 is 0. The molecule has 0 amide bonds. The van der Waals surface area contributed by atoms with E-state index < -0.39 is 0 Å². The molecule has 1 aromatic heterocycles. The number of aromatic amines is 1. The van der Waals surface area contributed by atoms with E-state index in [9.17, 15) is 5.11 Å². The number of nitrogens with one attached hydrogen (secondary N) is 1. The first-order valence-electron chi connectivity index (χ1n) is 13.3. The number of hydrogen-bond donors (Lipinski definition) is 2. The van der Waals surface area contributed by atoms with Crippen LogP contribution in [0.15, 0.2) is 24.3 Å². The van der Waals surface area contributed by atoms with Gasteiger partial charge in [0, 0.05) is 41.8 Å². The van der Waals surface area contributed by atoms with Crippen LogP contribution in [0.25, 0.3) is 10.9 Å². The fraction of sp³-hybridized carbons (Fsp3) is 0.714. The van der Waals surface area contributed by atoms with Crippen LogP contribution in [-0.2, 0) is 14.9 Å². The Morgan fingerprint density at radius 2 is 1.73 bits per heavy atom. The van der Waals surface area contributed by atoms with Gasteiger partial charge in [0.25, 0.3) is 0 Å². The van der Waals surface area contributed by atoms with Crippen molar-refractivity contribution in [2.45, 2.75) is 83.3 Å². The average Bonchev–Trinajstić information content (AvgIpc) is 3.08. The van der Waals surface area contributed by atoms with E-state index in [-0.39, 0.29) is 23.5 Å². The molecule has 5 heteroatoms. The molecule has 0 spiro atoms. The second-order valence-electron chi connectivity index (χ2n) is 10.2. The van der Waals surface area contributed by atoms with E-state index in [1.165, 1.54) is 22.2 Å². The summed E-state index contributed by atoms with van der Waals surface area (Å²) in [4.78, 5) is 6.46. The smallest absolute Gasteiger partial charge is 0.0627 e. The third-order valence-corrected chi connectivity index (χ3v) is 7.90. The van der Waals surface area contributed by atoms with Crippen LogP contribution in [0.2, 0.25) is 0 Å². The number of ether oxygens (including phenoxy) is 2. The van der Waals surface area contributed by atoms with Crippen molar-refractivity contribution in [3.05, 3.63) is 35.5 Å². The Balaban J connectivity index is 1.84. The Bertz CT molecular complexity index is 867. The first-order chi connectivity index (χ1) is 16.2. The van der Waals surface area contributed by atoms with Crippen molar-refractivity contribution < 1.29 is 14.6 Å². The number of para-hydroxylation sites is 1. The maximum absolute atomic E-state index is 11.6. The molecule has 1 aliphatic heterocycles. The van der Waals surface area contributed by atoms with Crippen molar-refractivity contribution in [1.82, 2.24) is 9.88 Å². The molecule has 0 saturated carbocycles. The average molecular weight is 457 g/mol. The van der Waals surface area contributed by atoms with Crippen LogP contribution in [0.5, 0.6) is 0 Å². The molecule has 33 heavy (non-hydrogen) atoms. The molecule has 2 bridgehead atoms. The molecule has 1 aliphatic carbocycles. The predicted octanol–water partition coefficient (Wildman–Crippen LogP) is 5.58. The topological polar surface area (TPSA) is 57.7 Å². The highest BCUT2D eigenvalue weighted by Crippen LogP contribution is 2.51. The quantitative estimate of drug-likeness (QED) is 0.410. The van der Waals surface area contributed by atoms with Crippen LogP contribution in [0, 0.1) is 5.92 Å². The lowest BCUT2D eigenvalue weighted by atomic mass is 9.69. The van der Waals surface area contributed by atoms with Gasteiger partial charge < -0.3 is 19.6 Å². The van der Waals surface area contributed by atoms with Crippen LogP contribution in [0.4, 0.5) is 0 Å². The van der Waals surface area contributed by atoms with E-state index in [1.807, 2.05) is 0 Å². The molecule has 1 fully saturated rings. The van der Waals surface area contributed by atoms with Gasteiger partial charge in [-0.25, -0.2) is 0 Å². The molecule has 3 atom stereocenters. The molecule has 2 aromatic rings. The largest absolute Gasteiger partial charge is 0.393 e. The fourth-order valence-electron chi connectivity index (χ4n) is 6.18. The molecular formula is C28H44N2O3. The third-order valence-electron chi connectivity index (χ3n) is 7.90. The summed E-state index contributed by atoms with van der Waals surface area (Å²) in [5, 5.41) is 12.9. The molecule has 1 aromatic carbocycles. The Labute approximate surface area is 199 Å². The van der Waals surface area contributed by atoms with Gasteiger partial charge in [0.05, 0.1) is 24.7 Å². The third kappa shape index (κ3) is 4.88. The number of aliphatic hydroxyl groups excluding tert-OH is 1. The molecule has 4 rings (SSSR count). The zero-order valence-corrected chi connectivity index (χ0v) is 20.9. The number of hydrogen-bond acceptors (Lipinski definition) is 4. The van der Waals surface area contributed by atoms with Crippen LogP contribution in [-0.4, -0.2) is 60.6 Å². The normalized spacial score (nSPS) is 24.7. The maximum atomic E-state index is 11.6. The Morgan fingerprint density at radius 3 is 2.39 bits per heavy atom. The highest BCUT2D eigenvalue weighted by Gasteiger charge is 2.53. The fourth-order valence-corrected chi connectivity index (χ4v) is 6.18. The first-order valence-corrected chi connectivity index (χ1v) is 13.3. The minimum atomic E-state index is -0.360. The Kier molecular flexibility index (Phi) is 8.50. The molecule has 2 N–H and O–H groups in total. The van der Waals surface area contributed by atoms with Crippen molar-refractivity contribution in [1.29, 1.82) is 0 Å². The number of fused-ring (bicyclic) bond motifs is 7. The van der Waals surface area contributed by atoms with Gasteiger partial charge in [0.2, 0.25) is 0 Å². The predicted molar refractivity (Wildman–Crippen MR) is 135 cm³/mol. The van der Waals surface area contributed by atoms with E-state index in [0.717, 1.165) is 71.2 Å². The molecule has 1 saturated heterocycles. The number of aromatic nitrogens is 1. The van der Waals surface area contributed by atoms with Crippen molar-refractivity contribution in [2.75, 3.05) is 39.5 Å². The van der Waals surface area contributed by atoms with E-state index in [1.54, 1.807) is 0 Å². The number of unbranched alkanes of at least 4 members (excludes halogenated alkanes) is 2. The zero-order valence-electron chi connectivity index (χ0n) is 20.9. The first kappa shape index (κ1) is 24.7. The number of benzene rings is 1. The van der Waals surface area contributed by atoms with Crippen molar-refractivity contribution in [3.63, 3.8) is 0 Å². The summed E-state index contributed by atoms with van der Waals surface area (Å²) in [5.41, 5.74) is 3.46. The van der Waals surface area contributed by atoms with Crippen molar-refractivity contribution in [3.8, 4) is 0 Å². The minimum absolute atomic E-state index is 0.111. The Morgan fingerprint density at radius 1 is 1.03 bits per heavy atom. The summed E-state index contributed by atoms with van der Waals surface area (Å²) in [6, 6.07) is 8.91. The monoisotopic (exact) mass is 456 g/mol. The van der Waals surface area contributed by atoms with Gasteiger partial charge in [-0.15, -0.1) is 0 Å². The van der Waals surface area contributed by atoms with E-state index in [0.29, 0.717) is 13.2 Å². The van der Waals surface area contributed by atoms with Gasteiger partial charge in [-0.2, -0.15) is 0 Å². The number of aliphatic hydroxyl groups is 1. The van der Waals surface area contributed by atoms with E-state index in [4.69, 9.17) is 9.47 Å². The number of likely N-dealkylation sites (tertiary alicyclic amines) is 1. The standard InChI is InChI=1S/C28H44N2O3/c1-4-7-16-32-19-28(20-33-17-8-5-2)22-13-15-30(14-6-3)24(18-25(22)31)26-21-11-9-10-12-23(21)29-27(26)28/h9-12,22,24-25,29,31H,4-8,13-20H2,1-3H3. The van der Waals surface area contributed by atoms with Gasteiger partial charge in [0.1, 0.15) is 0 Å². The lowest BCUT2D eigenvalue weighted by Gasteiger charge is -2.43. The number of rotatable bonds is 12. The molecule has 5 nitrogen and oxygen atoms in total. The van der Waals surface area contributed by atoms with Gasteiger partial charge in [-0.05, 0) is 56.8 Å². The molecule has 2 aliphatic rings. The summed E-state index contributed by atoms with van der Waals surface area (Å²) in [7, 11) is 0. The summed E-state index contributed by atoms with van der Waals surface area (Å²) < 4.78 is 12.7. The van der Waals surface area contributed by atoms with Gasteiger partial charge >= 0.3 is 0 Å². The lowest BCUT2D eigenvalue weighted by Crippen LogP contribution is -2.50. The summed E-state index contributed by atoms with van der Waals surface area (Å²) in [5.74, 6) is 0.111. The van der Waals surface area contributed by atoms with Crippen molar-refractivity contribution >= 4 is 10.9 Å². The maximum Gasteiger partial charge on any atom is 0.0627 e. The number of H-pyrrole nitrogens is 1. The second-order valence-corrected chi connectivity index (χ2v) is 10.2. The highest BCUT2D eigenvalue weighted by atomic mass is 16.5. The van der Waals surface area contributed by atoms with Gasteiger partial charge in [-0.3, -0.25) is 4.90 Å². The summed E-state index contributed by atoms with van der Waals surface area (Å²) in [6.07, 6.45) is 6.89. The van der Waals surface area contributed by atoms with Crippen molar-refractivity contribution in [2.24, 2.45) is 5.92 Å². The molecular weight excluding hydrogens is 412 g/mol. The van der Waals surface area contributed by atoms with E-state index >= 15 is 0 Å². The van der Waals surface area contributed by atoms with Crippen LogP contribution in [0.3, 0.4) is 0 Å². The van der Waals surface area contributed by atoms with E-state index in [2.05, 4.69) is 54.9 Å². The van der Waals surface area contributed by atoms with Crippen LogP contribution >= 0.6 is 0 Å². The Hall–Kier alpha value is -1.40. The van der Waals surface area contributed by atoms with Gasteiger partial charge in [0.15, 0.2) is 0 Å². The second kappa shape index (κ2) is 11.4. The SMILES string of the molecule is CCCCOCC1(COCCCC)c2[nH]c3ccccc3c2C2CC(O)C1CCN2CCC. The van der Waals surface area contributed by atoms with Crippen LogP contribution < -0.4 is 0 Å². The lowest BCUT2D eigenvalue weighted by molar-refractivity contribution is -0.0467. The minimum Gasteiger partial charge on any atom is -0.393 e. The molecule has 0 radical (unpaired) electrons. The number of nitrogens with zero attached hydrogens (tertiary/aromatic N) is 1. The van der Waals surface area contributed by atoms with Gasteiger partial charge in [-0.1, -0.05) is 51.8 Å². The zero-order chi connectivity index (χ0) is 23.3. The molecule has 3 unspecified atom stereocenters.